The van der Waals surface area contributed by atoms with Gasteiger partial charge in [0.15, 0.2) is 9.84 Å². The average Bonchev–Trinajstić information content (AvgIpc) is 3.31. The standard InChI is InChI=1S/C28H22F8N2O4S/c29-17-5-7-18(8-6-17)43(41,42)25-12-11-22(38-24(40)19-2-1-13-37-23(19)39)21(25)9-3-15-14-16(4-10-20(15)25)26(30,27(31,32)33)28(34,35)36/h1-2,4-8,10,13-14,21-22H,3,9,11-12H2,(H,37,39)(H,38,40)/t21-,22+,25+/m0/s1. The third-order valence-corrected chi connectivity index (χ3v) is 10.9. The number of aryl methyl sites for hydroxylation is 1. The summed E-state index contributed by atoms with van der Waals surface area (Å²) in [6.07, 6.45) is -12.0. The number of aromatic amines is 1. The number of hydrogen-bond acceptors (Lipinski definition) is 4. The Kier molecular flexibility index (Phi) is 7.26. The van der Waals surface area contributed by atoms with Crippen LogP contribution in [0.4, 0.5) is 35.1 Å². The molecule has 1 amide bonds. The van der Waals surface area contributed by atoms with Crippen LogP contribution in [0.15, 0.2) is 70.5 Å². The lowest BCUT2D eigenvalue weighted by Crippen LogP contribution is -2.51. The van der Waals surface area contributed by atoms with E-state index in [1.165, 1.54) is 18.3 Å². The summed E-state index contributed by atoms with van der Waals surface area (Å²) >= 11 is 0. The van der Waals surface area contributed by atoms with Gasteiger partial charge in [0.1, 0.15) is 16.1 Å². The zero-order valence-electron chi connectivity index (χ0n) is 21.8. The van der Waals surface area contributed by atoms with Crippen molar-refractivity contribution in [3.05, 3.63) is 99.2 Å². The van der Waals surface area contributed by atoms with Gasteiger partial charge in [-0.2, -0.15) is 26.3 Å². The molecule has 5 rings (SSSR count). The van der Waals surface area contributed by atoms with Gasteiger partial charge in [-0.15, -0.1) is 0 Å². The number of nitrogens with one attached hydrogen (secondary N) is 2. The Labute approximate surface area is 239 Å². The summed E-state index contributed by atoms with van der Waals surface area (Å²) in [6, 6.07) is 6.91. The number of carbonyl (C=O) groups is 1. The fourth-order valence-corrected chi connectivity index (χ4v) is 8.87. The van der Waals surface area contributed by atoms with Crippen LogP contribution in [0.3, 0.4) is 0 Å². The number of pyridine rings is 1. The quantitative estimate of drug-likeness (QED) is 0.281. The van der Waals surface area contributed by atoms with E-state index < -0.39 is 67.4 Å². The third kappa shape index (κ3) is 4.62. The molecular weight excluding hydrogens is 612 g/mol. The molecule has 43 heavy (non-hydrogen) atoms. The molecule has 3 aromatic rings. The Morgan fingerprint density at radius 1 is 0.930 bits per heavy atom. The minimum Gasteiger partial charge on any atom is -0.349 e. The van der Waals surface area contributed by atoms with Gasteiger partial charge in [-0.05, 0) is 73.2 Å². The molecule has 1 saturated carbocycles. The van der Waals surface area contributed by atoms with Gasteiger partial charge < -0.3 is 10.3 Å². The maximum absolute atomic E-state index is 14.9. The van der Waals surface area contributed by atoms with Crippen molar-refractivity contribution in [2.24, 2.45) is 5.92 Å². The molecule has 2 aromatic carbocycles. The number of amides is 1. The smallest absolute Gasteiger partial charge is 0.349 e. The van der Waals surface area contributed by atoms with Crippen molar-refractivity contribution >= 4 is 15.7 Å². The van der Waals surface area contributed by atoms with Gasteiger partial charge in [-0.25, -0.2) is 17.2 Å². The van der Waals surface area contributed by atoms with Crippen molar-refractivity contribution in [3.63, 3.8) is 0 Å². The molecule has 2 aliphatic carbocycles. The Morgan fingerprint density at radius 2 is 1.58 bits per heavy atom. The summed E-state index contributed by atoms with van der Waals surface area (Å²) in [6.45, 7) is 0. The lowest BCUT2D eigenvalue weighted by atomic mass is 9.74. The average molecular weight is 635 g/mol. The molecule has 230 valence electrons. The second-order valence-electron chi connectivity index (χ2n) is 10.5. The molecular formula is C28H22F8N2O4S. The molecule has 1 aromatic heterocycles. The molecule has 0 bridgehead atoms. The molecule has 1 fully saturated rings. The van der Waals surface area contributed by atoms with Gasteiger partial charge in [0, 0.05) is 23.7 Å². The van der Waals surface area contributed by atoms with Crippen molar-refractivity contribution in [2.75, 3.05) is 0 Å². The second-order valence-corrected chi connectivity index (χ2v) is 12.8. The van der Waals surface area contributed by atoms with Crippen LogP contribution in [0.2, 0.25) is 0 Å². The Morgan fingerprint density at radius 3 is 2.19 bits per heavy atom. The van der Waals surface area contributed by atoms with Crippen molar-refractivity contribution in [3.8, 4) is 0 Å². The van der Waals surface area contributed by atoms with Gasteiger partial charge >= 0.3 is 18.0 Å². The van der Waals surface area contributed by atoms with Crippen LogP contribution in [-0.2, 0) is 26.7 Å². The van der Waals surface area contributed by atoms with Gasteiger partial charge in [0.25, 0.3) is 11.5 Å². The predicted octanol–water partition coefficient (Wildman–Crippen LogP) is 5.63. The van der Waals surface area contributed by atoms with Crippen LogP contribution in [0.25, 0.3) is 0 Å². The number of halogens is 8. The summed E-state index contributed by atoms with van der Waals surface area (Å²) in [7, 11) is -4.56. The minimum atomic E-state index is -6.37. The normalized spacial score (nSPS) is 22.5. The van der Waals surface area contributed by atoms with Crippen molar-refractivity contribution < 1.29 is 48.3 Å². The first kappa shape index (κ1) is 30.7. The molecule has 0 aliphatic heterocycles. The highest BCUT2D eigenvalue weighted by Gasteiger charge is 2.73. The fourth-order valence-electron chi connectivity index (χ4n) is 6.40. The second kappa shape index (κ2) is 10.2. The van der Waals surface area contributed by atoms with Gasteiger partial charge in [-0.3, -0.25) is 9.59 Å². The van der Waals surface area contributed by atoms with Crippen LogP contribution >= 0.6 is 0 Å². The van der Waals surface area contributed by atoms with Gasteiger partial charge in [-0.1, -0.05) is 18.2 Å². The molecule has 0 saturated heterocycles. The first-order valence-corrected chi connectivity index (χ1v) is 14.4. The third-order valence-electron chi connectivity index (χ3n) is 8.36. The van der Waals surface area contributed by atoms with Crippen LogP contribution < -0.4 is 10.9 Å². The SMILES string of the molecule is O=C(N[C@@H]1CC[C@@]2(S(=O)(=O)c3ccc(F)cc3)c3ccc(C(F)(C(F)(F)F)C(F)(F)F)cc3CC[C@@H]12)c1ccc[nH]c1=O. The molecule has 0 unspecified atom stereocenters. The number of fused-ring (bicyclic) bond motifs is 3. The lowest BCUT2D eigenvalue weighted by molar-refractivity contribution is -0.348. The van der Waals surface area contributed by atoms with Crippen LogP contribution in [0, 0.1) is 11.7 Å². The zero-order valence-corrected chi connectivity index (χ0v) is 22.6. The number of hydrogen-bond donors (Lipinski definition) is 2. The number of rotatable bonds is 5. The molecule has 0 radical (unpaired) electrons. The van der Waals surface area contributed by atoms with E-state index in [4.69, 9.17) is 0 Å². The summed E-state index contributed by atoms with van der Waals surface area (Å²) in [5.41, 5.74) is -8.82. The fraction of sp³-hybridized carbons (Fsp3) is 0.357. The number of sulfone groups is 1. The monoisotopic (exact) mass is 634 g/mol. The number of alkyl halides is 7. The maximum atomic E-state index is 14.9. The molecule has 3 atom stereocenters. The van der Waals surface area contributed by atoms with E-state index >= 15 is 0 Å². The number of carbonyl (C=O) groups excluding carboxylic acids is 1. The van der Waals surface area contributed by atoms with E-state index in [1.54, 1.807) is 0 Å². The lowest BCUT2D eigenvalue weighted by Gasteiger charge is -2.43. The van der Waals surface area contributed by atoms with E-state index in [2.05, 4.69) is 10.3 Å². The van der Waals surface area contributed by atoms with E-state index in [0.29, 0.717) is 6.07 Å². The van der Waals surface area contributed by atoms with Crippen molar-refractivity contribution in [2.45, 2.75) is 59.4 Å². The molecule has 0 spiro atoms. The highest BCUT2D eigenvalue weighted by molar-refractivity contribution is 7.92. The Balaban J connectivity index is 1.66. The topological polar surface area (TPSA) is 96.1 Å². The van der Waals surface area contributed by atoms with E-state index in [0.717, 1.165) is 30.3 Å². The maximum Gasteiger partial charge on any atom is 0.435 e. The molecule has 1 heterocycles. The predicted molar refractivity (Wildman–Crippen MR) is 136 cm³/mol. The number of aromatic nitrogens is 1. The van der Waals surface area contributed by atoms with Gasteiger partial charge in [0.2, 0.25) is 0 Å². The van der Waals surface area contributed by atoms with Crippen LogP contribution in [0.1, 0.15) is 46.3 Å². The molecule has 2 N–H and O–H groups in total. The Bertz CT molecular complexity index is 1720. The largest absolute Gasteiger partial charge is 0.435 e. The summed E-state index contributed by atoms with van der Waals surface area (Å²) in [4.78, 5) is 27.1. The first-order valence-electron chi connectivity index (χ1n) is 12.9. The van der Waals surface area contributed by atoms with E-state index in [9.17, 15) is 53.1 Å². The zero-order chi connectivity index (χ0) is 31.6. The summed E-state index contributed by atoms with van der Waals surface area (Å²) in [5, 5.41) is 2.66. The molecule has 6 nitrogen and oxygen atoms in total. The first-order chi connectivity index (χ1) is 19.9. The van der Waals surface area contributed by atoms with Gasteiger partial charge in [0.05, 0.1) is 4.90 Å². The highest BCUT2D eigenvalue weighted by atomic mass is 32.2. The highest BCUT2D eigenvalue weighted by Crippen LogP contribution is 2.59. The number of benzene rings is 2. The van der Waals surface area contributed by atoms with Crippen LogP contribution in [-0.4, -0.2) is 37.7 Å². The van der Waals surface area contributed by atoms with Crippen molar-refractivity contribution in [1.29, 1.82) is 0 Å². The Hall–Kier alpha value is -3.75. The summed E-state index contributed by atoms with van der Waals surface area (Å²) < 4.78 is 136. The van der Waals surface area contributed by atoms with E-state index in [1.807, 2.05) is 0 Å². The van der Waals surface area contributed by atoms with Crippen LogP contribution in [0.5, 0.6) is 0 Å². The minimum absolute atomic E-state index is 0.000905. The molecule has 15 heteroatoms. The van der Waals surface area contributed by atoms with E-state index in [-0.39, 0.29) is 53.3 Å². The number of H-pyrrole nitrogens is 1. The summed E-state index contributed by atoms with van der Waals surface area (Å²) in [5.74, 6) is -2.54. The molecule has 2 aliphatic rings. The van der Waals surface area contributed by atoms with Crippen molar-refractivity contribution in [1.82, 2.24) is 10.3 Å².